The summed E-state index contributed by atoms with van der Waals surface area (Å²) in [4.78, 5) is 19.8. The van der Waals surface area contributed by atoms with Crippen molar-refractivity contribution >= 4 is 44.2 Å². The zero-order valence-corrected chi connectivity index (χ0v) is 19.0. The van der Waals surface area contributed by atoms with E-state index in [9.17, 15) is 21.6 Å². The number of hydrogen-bond donors (Lipinski definition) is 2. The third kappa shape index (κ3) is 3.97. The van der Waals surface area contributed by atoms with Gasteiger partial charge in [-0.2, -0.15) is 13.2 Å². The van der Waals surface area contributed by atoms with E-state index in [4.69, 9.17) is 0 Å². The molecule has 1 atom stereocenters. The standard InChI is InChI=1S/C22H18F3N7O2S/c1-2-15(30-20-18-19(27-11-26-18)28-12-29-20)21-31-16-8-3-4-9-17(16)35(33,34)32(21)14-7-5-6-13(10-14)22(23,24)25/h3-12,15H,2H2,1H3,(H2,26,27,28,29,30). The second kappa shape index (κ2) is 8.34. The smallest absolute Gasteiger partial charge is 0.358 e. The van der Waals surface area contributed by atoms with Crippen LogP contribution in [-0.2, 0) is 16.2 Å². The van der Waals surface area contributed by atoms with Crippen LogP contribution in [0.4, 0.5) is 30.4 Å². The minimum atomic E-state index is -4.65. The van der Waals surface area contributed by atoms with Crippen LogP contribution in [0.3, 0.4) is 0 Å². The summed E-state index contributed by atoms with van der Waals surface area (Å²) in [6.45, 7) is 1.79. The maximum Gasteiger partial charge on any atom is 0.416 e. The molecule has 0 saturated heterocycles. The molecular weight excluding hydrogens is 483 g/mol. The van der Waals surface area contributed by atoms with E-state index >= 15 is 0 Å². The molecule has 0 amide bonds. The van der Waals surface area contributed by atoms with Crippen LogP contribution in [0, 0.1) is 0 Å². The van der Waals surface area contributed by atoms with Gasteiger partial charge in [0.1, 0.15) is 22.6 Å². The van der Waals surface area contributed by atoms with Crippen molar-refractivity contribution in [2.75, 3.05) is 9.62 Å². The third-order valence-corrected chi connectivity index (χ3v) is 7.27. The van der Waals surface area contributed by atoms with Crippen molar-refractivity contribution in [3.8, 4) is 0 Å². The van der Waals surface area contributed by atoms with Crippen LogP contribution < -0.4 is 9.62 Å². The Morgan fingerprint density at radius 3 is 2.66 bits per heavy atom. The Morgan fingerprint density at radius 2 is 1.89 bits per heavy atom. The lowest BCUT2D eigenvalue weighted by Gasteiger charge is -2.34. The zero-order chi connectivity index (χ0) is 24.8. The van der Waals surface area contributed by atoms with Gasteiger partial charge in [-0.3, -0.25) is 0 Å². The number of para-hydroxylation sites is 1. The van der Waals surface area contributed by atoms with E-state index in [-0.39, 0.29) is 22.1 Å². The summed E-state index contributed by atoms with van der Waals surface area (Å²) < 4.78 is 68.7. The second-order valence-electron chi connectivity index (χ2n) is 7.68. The average molecular weight is 501 g/mol. The van der Waals surface area contributed by atoms with Crippen molar-refractivity contribution in [3.05, 3.63) is 66.7 Å². The maximum absolute atomic E-state index is 13.7. The predicted molar refractivity (Wildman–Crippen MR) is 124 cm³/mol. The minimum absolute atomic E-state index is 0.0109. The Labute approximate surface area is 197 Å². The van der Waals surface area contributed by atoms with E-state index in [1.54, 1.807) is 19.1 Å². The van der Waals surface area contributed by atoms with Gasteiger partial charge >= 0.3 is 6.18 Å². The van der Waals surface area contributed by atoms with Gasteiger partial charge in [0, 0.05) is 0 Å². The molecule has 180 valence electrons. The largest absolute Gasteiger partial charge is 0.416 e. The molecule has 35 heavy (non-hydrogen) atoms. The molecule has 3 heterocycles. The summed E-state index contributed by atoms with van der Waals surface area (Å²) >= 11 is 0. The number of rotatable bonds is 5. The molecule has 0 radical (unpaired) electrons. The number of anilines is 2. The Balaban J connectivity index is 1.68. The SMILES string of the molecule is CCC(Nc1ncnc2nc[nH]c12)C1=Nc2ccccc2S(=O)(=O)N1c1cccc(C(F)(F)F)c1. The van der Waals surface area contributed by atoms with Crippen molar-refractivity contribution in [2.45, 2.75) is 30.5 Å². The number of amidine groups is 1. The molecule has 1 unspecified atom stereocenters. The molecule has 9 nitrogen and oxygen atoms in total. The second-order valence-corrected chi connectivity index (χ2v) is 9.44. The first-order valence-electron chi connectivity index (χ1n) is 10.5. The van der Waals surface area contributed by atoms with Crippen LogP contribution in [0.15, 0.2) is 71.1 Å². The fraction of sp³-hybridized carbons (Fsp3) is 0.182. The number of nitrogens with one attached hydrogen (secondary N) is 2. The fourth-order valence-corrected chi connectivity index (χ4v) is 5.48. The van der Waals surface area contributed by atoms with Gasteiger partial charge in [-0.05, 0) is 36.8 Å². The molecule has 0 fully saturated rings. The molecule has 2 aromatic carbocycles. The van der Waals surface area contributed by atoms with Crippen molar-refractivity contribution in [1.29, 1.82) is 0 Å². The molecule has 0 spiro atoms. The number of benzene rings is 2. The molecule has 0 bridgehead atoms. The highest BCUT2D eigenvalue weighted by atomic mass is 32.2. The monoisotopic (exact) mass is 501 g/mol. The summed E-state index contributed by atoms with van der Waals surface area (Å²) in [5, 5.41) is 3.16. The average Bonchev–Trinajstić information content (AvgIpc) is 3.31. The van der Waals surface area contributed by atoms with E-state index in [1.165, 1.54) is 36.9 Å². The Kier molecular flexibility index (Phi) is 5.43. The van der Waals surface area contributed by atoms with E-state index in [0.29, 0.717) is 23.4 Å². The van der Waals surface area contributed by atoms with Crippen molar-refractivity contribution in [1.82, 2.24) is 19.9 Å². The van der Waals surface area contributed by atoms with Crippen molar-refractivity contribution < 1.29 is 21.6 Å². The highest BCUT2D eigenvalue weighted by Crippen LogP contribution is 2.39. The predicted octanol–water partition coefficient (Wildman–Crippen LogP) is 4.50. The van der Waals surface area contributed by atoms with Crippen LogP contribution in [0.1, 0.15) is 18.9 Å². The molecule has 0 saturated carbocycles. The van der Waals surface area contributed by atoms with Crippen LogP contribution in [0.2, 0.25) is 0 Å². The number of H-pyrrole nitrogens is 1. The summed E-state index contributed by atoms with van der Waals surface area (Å²) in [6.07, 6.45) is -1.57. The van der Waals surface area contributed by atoms with E-state index < -0.39 is 27.8 Å². The summed E-state index contributed by atoms with van der Waals surface area (Å²) in [5.74, 6) is 0.360. The number of halogens is 3. The van der Waals surface area contributed by atoms with Crippen LogP contribution in [-0.4, -0.2) is 40.2 Å². The zero-order valence-electron chi connectivity index (χ0n) is 18.2. The van der Waals surface area contributed by atoms with Crippen LogP contribution in [0.25, 0.3) is 11.2 Å². The van der Waals surface area contributed by atoms with Gasteiger partial charge in [0.25, 0.3) is 10.0 Å². The number of fused-ring (bicyclic) bond motifs is 2. The molecule has 5 rings (SSSR count). The summed E-state index contributed by atoms with van der Waals surface area (Å²) in [5.41, 5.74) is -0.0608. The van der Waals surface area contributed by atoms with E-state index in [1.807, 2.05) is 0 Å². The topological polar surface area (TPSA) is 116 Å². The number of nitrogens with zero attached hydrogens (tertiary/aromatic N) is 5. The number of aromatic nitrogens is 4. The molecule has 1 aliphatic heterocycles. The van der Waals surface area contributed by atoms with Crippen LogP contribution >= 0.6 is 0 Å². The number of alkyl halides is 3. The first-order valence-corrected chi connectivity index (χ1v) is 11.9. The Morgan fingerprint density at radius 1 is 1.09 bits per heavy atom. The van der Waals surface area contributed by atoms with Gasteiger partial charge in [-0.1, -0.05) is 25.1 Å². The molecule has 1 aliphatic rings. The number of hydrogen-bond acceptors (Lipinski definition) is 7. The molecule has 0 aliphatic carbocycles. The fourth-order valence-electron chi connectivity index (χ4n) is 3.85. The lowest BCUT2D eigenvalue weighted by Crippen LogP contribution is -2.48. The highest BCUT2D eigenvalue weighted by molar-refractivity contribution is 7.93. The van der Waals surface area contributed by atoms with Gasteiger partial charge in [0.15, 0.2) is 11.5 Å². The van der Waals surface area contributed by atoms with Crippen molar-refractivity contribution in [3.63, 3.8) is 0 Å². The third-order valence-electron chi connectivity index (χ3n) is 5.49. The Hall–Kier alpha value is -4.00. The summed E-state index contributed by atoms with van der Waals surface area (Å²) in [7, 11) is -4.28. The molecular formula is C22H18F3N7O2S. The van der Waals surface area contributed by atoms with Gasteiger partial charge in [0.05, 0.1) is 29.3 Å². The number of aromatic amines is 1. The van der Waals surface area contributed by atoms with E-state index in [2.05, 4.69) is 30.2 Å². The van der Waals surface area contributed by atoms with Gasteiger partial charge in [0.2, 0.25) is 0 Å². The molecule has 2 N–H and O–H groups in total. The minimum Gasteiger partial charge on any atom is -0.358 e. The number of aliphatic imine (C=N–C) groups is 1. The first-order chi connectivity index (χ1) is 16.7. The normalized spacial score (nSPS) is 16.0. The molecule has 13 heteroatoms. The van der Waals surface area contributed by atoms with Gasteiger partial charge in [-0.25, -0.2) is 32.7 Å². The van der Waals surface area contributed by atoms with E-state index in [0.717, 1.165) is 16.4 Å². The molecule has 4 aromatic rings. The maximum atomic E-state index is 13.7. The highest BCUT2D eigenvalue weighted by Gasteiger charge is 2.40. The van der Waals surface area contributed by atoms with Crippen molar-refractivity contribution in [2.24, 2.45) is 4.99 Å². The van der Waals surface area contributed by atoms with Crippen LogP contribution in [0.5, 0.6) is 0 Å². The van der Waals surface area contributed by atoms with Gasteiger partial charge < -0.3 is 10.3 Å². The quantitative estimate of drug-likeness (QED) is 0.416. The Bertz CT molecular complexity index is 1550. The lowest BCUT2D eigenvalue weighted by atomic mass is 10.1. The number of sulfonamides is 1. The summed E-state index contributed by atoms with van der Waals surface area (Å²) in [6, 6.07) is 9.50. The van der Waals surface area contributed by atoms with Gasteiger partial charge in [-0.15, -0.1) is 0 Å². The first kappa shape index (κ1) is 22.8. The molecule has 2 aromatic heterocycles. The number of imidazole rings is 1. The lowest BCUT2D eigenvalue weighted by molar-refractivity contribution is -0.137.